The van der Waals surface area contributed by atoms with Crippen molar-refractivity contribution in [2.24, 2.45) is 0 Å². The number of nitrogens with zero attached hydrogens (tertiary/aromatic N) is 1. The van der Waals surface area contributed by atoms with Crippen molar-refractivity contribution in [3.8, 4) is 17.2 Å². The second-order valence-electron chi connectivity index (χ2n) is 7.12. The van der Waals surface area contributed by atoms with E-state index in [2.05, 4.69) is 0 Å². The fourth-order valence-electron chi connectivity index (χ4n) is 3.28. The van der Waals surface area contributed by atoms with Crippen molar-refractivity contribution in [2.45, 2.75) is 26.4 Å². The average Bonchev–Trinajstić information content (AvgIpc) is 2.94. The average molecular weight is 411 g/mol. The molecule has 0 fully saturated rings. The highest BCUT2D eigenvalue weighted by molar-refractivity contribution is 6.34. The molecule has 1 aliphatic rings. The van der Waals surface area contributed by atoms with Crippen LogP contribution in [0.15, 0.2) is 48.2 Å². The molecule has 7 heteroatoms. The maximum absolute atomic E-state index is 12.8. The summed E-state index contributed by atoms with van der Waals surface area (Å²) >= 11 is 0. The number of ether oxygens (including phenoxy) is 3. The number of benzene rings is 2. The third-order valence-electron chi connectivity index (χ3n) is 4.73. The van der Waals surface area contributed by atoms with Gasteiger partial charge in [0.2, 0.25) is 0 Å². The highest BCUT2D eigenvalue weighted by atomic mass is 16.5. The molecule has 1 aliphatic heterocycles. The molecule has 0 atom stereocenters. The van der Waals surface area contributed by atoms with Crippen LogP contribution in [0.4, 0.5) is 0 Å². The Balaban J connectivity index is 1.74. The van der Waals surface area contributed by atoms with Gasteiger partial charge < -0.3 is 19.3 Å². The molecule has 3 rings (SSSR count). The van der Waals surface area contributed by atoms with E-state index in [0.29, 0.717) is 29.2 Å². The van der Waals surface area contributed by atoms with Gasteiger partial charge in [0.25, 0.3) is 11.8 Å². The van der Waals surface area contributed by atoms with Crippen molar-refractivity contribution >= 4 is 17.4 Å². The molecule has 0 bridgehead atoms. The molecule has 2 aromatic carbocycles. The van der Waals surface area contributed by atoms with E-state index in [4.69, 9.17) is 14.2 Å². The first-order chi connectivity index (χ1) is 14.3. The molecule has 0 aromatic heterocycles. The number of carbonyl (C=O) groups is 2. The van der Waals surface area contributed by atoms with Gasteiger partial charge in [0, 0.05) is 6.54 Å². The van der Waals surface area contributed by atoms with E-state index < -0.39 is 17.6 Å². The van der Waals surface area contributed by atoms with Crippen LogP contribution >= 0.6 is 0 Å². The number of aliphatic hydroxyl groups is 1. The lowest BCUT2D eigenvalue weighted by molar-refractivity contribution is -0.138. The molecular weight excluding hydrogens is 386 g/mol. The summed E-state index contributed by atoms with van der Waals surface area (Å²) in [5.41, 5.74) is 1.34. The zero-order valence-electron chi connectivity index (χ0n) is 17.5. The third kappa shape index (κ3) is 4.25. The molecule has 1 heterocycles. The van der Waals surface area contributed by atoms with Crippen LogP contribution in [0.25, 0.3) is 5.57 Å². The van der Waals surface area contributed by atoms with Gasteiger partial charge >= 0.3 is 0 Å². The van der Waals surface area contributed by atoms with E-state index in [0.717, 1.165) is 10.5 Å². The lowest BCUT2D eigenvalue weighted by Crippen LogP contribution is -2.33. The summed E-state index contributed by atoms with van der Waals surface area (Å²) in [5.74, 6) is 0.0646. The first kappa shape index (κ1) is 21.2. The Hall–Kier alpha value is -3.48. The van der Waals surface area contributed by atoms with Crippen molar-refractivity contribution in [3.63, 3.8) is 0 Å². The van der Waals surface area contributed by atoms with Crippen LogP contribution < -0.4 is 14.2 Å². The minimum absolute atomic E-state index is 0.00316. The first-order valence-electron chi connectivity index (χ1n) is 9.63. The number of hydrogen-bond donors (Lipinski definition) is 1. The van der Waals surface area contributed by atoms with E-state index >= 15 is 0 Å². The predicted octanol–water partition coefficient (Wildman–Crippen LogP) is 3.37. The standard InChI is InChI=1S/C23H25NO6/c1-14(2)30-17-8-6-16(7-9-17)20-21(25)23(27)24(22(20)26)12-11-15-5-10-18(28-3)19(13-15)29-4/h5-10,13-14,25H,11-12H2,1-4H3. The van der Waals surface area contributed by atoms with Crippen molar-refractivity contribution in [1.82, 2.24) is 4.90 Å². The van der Waals surface area contributed by atoms with Crippen LogP contribution in [0.3, 0.4) is 0 Å². The molecular formula is C23H25NO6. The highest BCUT2D eigenvalue weighted by Gasteiger charge is 2.38. The number of rotatable bonds is 8. The summed E-state index contributed by atoms with van der Waals surface area (Å²) in [6.07, 6.45) is 0.435. The van der Waals surface area contributed by atoms with Gasteiger partial charge in [-0.1, -0.05) is 18.2 Å². The number of hydrogen-bond acceptors (Lipinski definition) is 6. The number of methoxy groups -OCH3 is 2. The summed E-state index contributed by atoms with van der Waals surface area (Å²) in [7, 11) is 3.09. The largest absolute Gasteiger partial charge is 0.502 e. The summed E-state index contributed by atoms with van der Waals surface area (Å²) in [4.78, 5) is 26.4. The Bertz CT molecular complexity index is 978. The Kier molecular flexibility index (Phi) is 6.30. The Morgan fingerprint density at radius 3 is 2.20 bits per heavy atom. The number of carbonyl (C=O) groups excluding carboxylic acids is 2. The summed E-state index contributed by atoms with van der Waals surface area (Å²) < 4.78 is 16.1. The molecule has 0 radical (unpaired) electrons. The summed E-state index contributed by atoms with van der Waals surface area (Å²) in [6.45, 7) is 3.96. The molecule has 158 valence electrons. The fourth-order valence-corrected chi connectivity index (χ4v) is 3.28. The van der Waals surface area contributed by atoms with Gasteiger partial charge in [-0.3, -0.25) is 14.5 Å². The fraction of sp³-hybridized carbons (Fsp3) is 0.304. The van der Waals surface area contributed by atoms with Crippen LogP contribution in [-0.4, -0.2) is 48.7 Å². The predicted molar refractivity (Wildman–Crippen MR) is 112 cm³/mol. The Labute approximate surface area is 175 Å². The van der Waals surface area contributed by atoms with E-state index in [1.165, 1.54) is 0 Å². The van der Waals surface area contributed by atoms with Crippen LogP contribution in [0, 0.1) is 0 Å². The first-order valence-corrected chi connectivity index (χ1v) is 9.63. The molecule has 0 saturated heterocycles. The summed E-state index contributed by atoms with van der Waals surface area (Å²) in [5, 5.41) is 10.3. The van der Waals surface area contributed by atoms with Crippen LogP contribution in [0.1, 0.15) is 25.0 Å². The molecule has 30 heavy (non-hydrogen) atoms. The minimum atomic E-state index is -0.696. The van der Waals surface area contributed by atoms with Gasteiger partial charge in [-0.2, -0.15) is 0 Å². The monoisotopic (exact) mass is 411 g/mol. The maximum atomic E-state index is 12.8. The number of aliphatic hydroxyl groups excluding tert-OH is 1. The van der Waals surface area contributed by atoms with Crippen LogP contribution in [0.2, 0.25) is 0 Å². The smallest absolute Gasteiger partial charge is 0.296 e. The lowest BCUT2D eigenvalue weighted by Gasteiger charge is -2.15. The topological polar surface area (TPSA) is 85.3 Å². The van der Waals surface area contributed by atoms with E-state index in [9.17, 15) is 14.7 Å². The van der Waals surface area contributed by atoms with Crippen molar-refractivity contribution in [2.75, 3.05) is 20.8 Å². The Morgan fingerprint density at radius 2 is 1.60 bits per heavy atom. The molecule has 2 aromatic rings. The molecule has 0 unspecified atom stereocenters. The van der Waals surface area contributed by atoms with Crippen molar-refractivity contribution in [3.05, 3.63) is 59.4 Å². The second kappa shape index (κ2) is 8.90. The minimum Gasteiger partial charge on any atom is -0.502 e. The van der Waals surface area contributed by atoms with Gasteiger partial charge in [0.15, 0.2) is 17.3 Å². The van der Waals surface area contributed by atoms with Crippen molar-refractivity contribution in [1.29, 1.82) is 0 Å². The number of amides is 2. The zero-order chi connectivity index (χ0) is 21.8. The van der Waals surface area contributed by atoms with Crippen molar-refractivity contribution < 1.29 is 28.9 Å². The normalized spacial score (nSPS) is 14.0. The SMILES string of the molecule is COc1ccc(CCN2C(=O)C(O)=C(c3ccc(OC(C)C)cc3)C2=O)cc1OC. The van der Waals surface area contributed by atoms with Crippen LogP contribution in [0.5, 0.6) is 17.2 Å². The van der Waals surface area contributed by atoms with Gasteiger partial charge in [-0.15, -0.1) is 0 Å². The van der Waals surface area contributed by atoms with Gasteiger partial charge in [-0.05, 0) is 55.7 Å². The van der Waals surface area contributed by atoms with Crippen LogP contribution in [-0.2, 0) is 16.0 Å². The van der Waals surface area contributed by atoms with Gasteiger partial charge in [0.1, 0.15) is 5.75 Å². The van der Waals surface area contributed by atoms with E-state index in [-0.39, 0.29) is 18.2 Å². The molecule has 1 N–H and O–H groups in total. The molecule has 7 nitrogen and oxygen atoms in total. The maximum Gasteiger partial charge on any atom is 0.296 e. The molecule has 0 saturated carbocycles. The second-order valence-corrected chi connectivity index (χ2v) is 7.12. The molecule has 2 amide bonds. The quantitative estimate of drug-likeness (QED) is 0.671. The molecule has 0 spiro atoms. The zero-order valence-corrected chi connectivity index (χ0v) is 17.5. The van der Waals surface area contributed by atoms with Gasteiger partial charge in [0.05, 0.1) is 25.9 Å². The lowest BCUT2D eigenvalue weighted by atomic mass is 10.1. The Morgan fingerprint density at radius 1 is 0.933 bits per heavy atom. The van der Waals surface area contributed by atoms with Gasteiger partial charge in [-0.25, -0.2) is 0 Å². The molecule has 0 aliphatic carbocycles. The number of imide groups is 1. The van der Waals surface area contributed by atoms with E-state index in [1.807, 2.05) is 19.9 Å². The van der Waals surface area contributed by atoms with E-state index in [1.54, 1.807) is 50.6 Å². The summed E-state index contributed by atoms with van der Waals surface area (Å²) in [6, 6.07) is 12.1. The highest BCUT2D eigenvalue weighted by Crippen LogP contribution is 2.31. The third-order valence-corrected chi connectivity index (χ3v) is 4.73.